The molecular weight excluding hydrogens is 238 g/mol. The Morgan fingerprint density at radius 1 is 1.53 bits per heavy atom. The Morgan fingerprint density at radius 3 is 2.93 bits per heavy atom. The fraction of sp³-hybridized carbons (Fsp3) is 0.833. The number of aromatic amines is 1. The molecular formula is C6H13N5O2S2. The first-order valence-electron chi connectivity index (χ1n) is 4.47. The maximum absolute atomic E-state index is 11.4. The molecule has 0 unspecified atom stereocenters. The first-order chi connectivity index (χ1) is 7.14. The fourth-order valence-electron chi connectivity index (χ4n) is 0.790. The second kappa shape index (κ2) is 6.03. The highest BCUT2D eigenvalue weighted by Gasteiger charge is 2.11. The van der Waals surface area contributed by atoms with Crippen LogP contribution in [-0.4, -0.2) is 40.7 Å². The number of unbranched alkanes of at least 4 members (excludes halogenated alkanes) is 1. The van der Waals surface area contributed by atoms with E-state index < -0.39 is 10.0 Å². The molecule has 86 valence electrons. The van der Waals surface area contributed by atoms with Crippen LogP contribution in [0.3, 0.4) is 0 Å². The van der Waals surface area contributed by atoms with E-state index in [9.17, 15) is 8.42 Å². The average Bonchev–Trinajstić information content (AvgIpc) is 2.68. The molecule has 1 aromatic heterocycles. The van der Waals surface area contributed by atoms with Crippen LogP contribution in [0.2, 0.25) is 0 Å². The molecule has 1 rings (SSSR count). The summed E-state index contributed by atoms with van der Waals surface area (Å²) in [5.74, 6) is 0. The number of tetrazole rings is 1. The highest BCUT2D eigenvalue weighted by atomic mass is 32.3. The molecule has 0 aliphatic rings. The third kappa shape index (κ3) is 5.09. The molecule has 0 aliphatic carbocycles. The van der Waals surface area contributed by atoms with Gasteiger partial charge in [-0.2, -0.15) is 5.21 Å². The molecule has 0 aliphatic heterocycles. The lowest BCUT2D eigenvalue weighted by atomic mass is 10.3. The maximum Gasteiger partial charge on any atom is 0.231 e. The predicted octanol–water partition coefficient (Wildman–Crippen LogP) is -0.0312. The number of hydrogen-bond donors (Lipinski definition) is 2. The monoisotopic (exact) mass is 251 g/mol. The normalized spacial score (nSPS) is 11.8. The first-order valence-corrected chi connectivity index (χ1v) is 7.11. The van der Waals surface area contributed by atoms with E-state index in [1.165, 1.54) is 0 Å². The topological polar surface area (TPSA) is 101 Å². The van der Waals surface area contributed by atoms with Gasteiger partial charge < -0.3 is 0 Å². The van der Waals surface area contributed by atoms with Gasteiger partial charge in [-0.15, -0.1) is 10.2 Å². The molecule has 7 nitrogen and oxygen atoms in total. The van der Waals surface area contributed by atoms with E-state index in [0.717, 1.165) is 24.6 Å². The molecule has 1 aromatic rings. The largest absolute Gasteiger partial charge is 0.231 e. The van der Waals surface area contributed by atoms with E-state index >= 15 is 0 Å². The van der Waals surface area contributed by atoms with Crippen LogP contribution >= 0.6 is 11.8 Å². The number of sulfonamides is 1. The molecule has 0 saturated heterocycles. The van der Waals surface area contributed by atoms with Gasteiger partial charge in [-0.3, -0.25) is 0 Å². The standard InChI is InChI=1S/C6H13N5O2S2/c1-2-3-4-7-15(12,13)5-14-6-8-10-11-9-6/h7H,2-5H2,1H3,(H,8,9,10,11). The van der Waals surface area contributed by atoms with Crippen molar-refractivity contribution in [1.82, 2.24) is 25.3 Å². The molecule has 0 saturated carbocycles. The van der Waals surface area contributed by atoms with Gasteiger partial charge in [0, 0.05) is 6.54 Å². The van der Waals surface area contributed by atoms with Crippen LogP contribution in [0.1, 0.15) is 19.8 Å². The summed E-state index contributed by atoms with van der Waals surface area (Å²) in [5.41, 5.74) is 0. The smallest absolute Gasteiger partial charge is 0.215 e. The lowest BCUT2D eigenvalue weighted by molar-refractivity contribution is 0.583. The van der Waals surface area contributed by atoms with E-state index in [4.69, 9.17) is 0 Å². The van der Waals surface area contributed by atoms with Crippen LogP contribution in [0.15, 0.2) is 5.16 Å². The quantitative estimate of drug-likeness (QED) is 0.521. The number of rotatable bonds is 7. The fourth-order valence-corrected chi connectivity index (χ4v) is 2.83. The molecule has 0 radical (unpaired) electrons. The molecule has 0 atom stereocenters. The molecule has 15 heavy (non-hydrogen) atoms. The minimum atomic E-state index is -3.24. The third-order valence-corrected chi connectivity index (χ3v) is 4.31. The lowest BCUT2D eigenvalue weighted by Gasteiger charge is -2.03. The minimum Gasteiger partial charge on any atom is -0.215 e. The van der Waals surface area contributed by atoms with Crippen molar-refractivity contribution in [3.8, 4) is 0 Å². The van der Waals surface area contributed by atoms with Crippen LogP contribution in [-0.2, 0) is 10.0 Å². The van der Waals surface area contributed by atoms with Crippen LogP contribution in [0.4, 0.5) is 0 Å². The van der Waals surface area contributed by atoms with Crippen LogP contribution in [0.5, 0.6) is 0 Å². The zero-order valence-electron chi connectivity index (χ0n) is 8.30. The van der Waals surface area contributed by atoms with E-state index in [0.29, 0.717) is 11.7 Å². The van der Waals surface area contributed by atoms with E-state index in [2.05, 4.69) is 25.3 Å². The van der Waals surface area contributed by atoms with Gasteiger partial charge in [0.1, 0.15) is 5.08 Å². The maximum atomic E-state index is 11.4. The van der Waals surface area contributed by atoms with E-state index in [-0.39, 0.29) is 5.08 Å². The Kier molecular flexibility index (Phi) is 4.99. The molecule has 0 aromatic carbocycles. The highest BCUT2D eigenvalue weighted by molar-refractivity contribution is 8.11. The van der Waals surface area contributed by atoms with Crippen molar-refractivity contribution in [2.75, 3.05) is 11.6 Å². The summed E-state index contributed by atoms with van der Waals surface area (Å²) in [6.45, 7) is 2.48. The predicted molar refractivity (Wildman–Crippen MR) is 56.7 cm³/mol. The molecule has 9 heteroatoms. The van der Waals surface area contributed by atoms with E-state index in [1.54, 1.807) is 0 Å². The van der Waals surface area contributed by atoms with Gasteiger partial charge in [-0.05, 0) is 11.6 Å². The first kappa shape index (κ1) is 12.4. The van der Waals surface area contributed by atoms with Crippen LogP contribution in [0.25, 0.3) is 0 Å². The summed E-state index contributed by atoms with van der Waals surface area (Å²) in [7, 11) is -3.24. The third-order valence-electron chi connectivity index (χ3n) is 1.52. The zero-order chi connectivity index (χ0) is 11.1. The van der Waals surface area contributed by atoms with Crippen molar-refractivity contribution in [2.45, 2.75) is 24.9 Å². The van der Waals surface area contributed by atoms with Crippen molar-refractivity contribution in [1.29, 1.82) is 0 Å². The molecule has 0 fully saturated rings. The van der Waals surface area contributed by atoms with Gasteiger partial charge in [-0.1, -0.05) is 25.1 Å². The van der Waals surface area contributed by atoms with Gasteiger partial charge in [0.05, 0.1) is 0 Å². The summed E-state index contributed by atoms with van der Waals surface area (Å²) in [4.78, 5) is 0. The Labute approximate surface area is 92.5 Å². The van der Waals surface area contributed by atoms with Crippen molar-refractivity contribution < 1.29 is 8.42 Å². The highest BCUT2D eigenvalue weighted by Crippen LogP contribution is 2.11. The summed E-state index contributed by atoms with van der Waals surface area (Å²) in [6, 6.07) is 0. The minimum absolute atomic E-state index is 0.0871. The summed E-state index contributed by atoms with van der Waals surface area (Å²) in [5, 5.41) is 13.1. The Hall–Kier alpha value is -0.670. The molecule has 0 amide bonds. The number of nitrogens with one attached hydrogen (secondary N) is 2. The van der Waals surface area contributed by atoms with Crippen LogP contribution in [0, 0.1) is 0 Å². The summed E-state index contributed by atoms with van der Waals surface area (Å²) in [6.07, 6.45) is 1.80. The van der Waals surface area contributed by atoms with Gasteiger partial charge in [-0.25, -0.2) is 13.1 Å². The second-order valence-corrected chi connectivity index (χ2v) is 5.93. The van der Waals surface area contributed by atoms with Crippen molar-refractivity contribution in [3.63, 3.8) is 0 Å². The van der Waals surface area contributed by atoms with Gasteiger partial charge >= 0.3 is 0 Å². The lowest BCUT2D eigenvalue weighted by Crippen LogP contribution is -2.26. The van der Waals surface area contributed by atoms with Crippen LogP contribution < -0.4 is 4.72 Å². The molecule has 0 spiro atoms. The number of aromatic nitrogens is 4. The number of H-pyrrole nitrogens is 1. The molecule has 2 N–H and O–H groups in total. The van der Waals surface area contributed by atoms with Crippen molar-refractivity contribution >= 4 is 21.8 Å². The zero-order valence-corrected chi connectivity index (χ0v) is 9.94. The number of nitrogens with zero attached hydrogens (tertiary/aromatic N) is 3. The Morgan fingerprint density at radius 2 is 2.33 bits per heavy atom. The van der Waals surface area contributed by atoms with E-state index in [1.807, 2.05) is 6.92 Å². The Bertz CT molecular complexity index is 363. The average molecular weight is 251 g/mol. The van der Waals surface area contributed by atoms with Crippen molar-refractivity contribution in [3.05, 3.63) is 0 Å². The van der Waals surface area contributed by atoms with Gasteiger partial charge in [0.25, 0.3) is 0 Å². The molecule has 1 heterocycles. The van der Waals surface area contributed by atoms with Gasteiger partial charge in [0.15, 0.2) is 0 Å². The van der Waals surface area contributed by atoms with Gasteiger partial charge in [0.2, 0.25) is 15.2 Å². The summed E-state index contributed by atoms with van der Waals surface area (Å²) >= 11 is 1.03. The number of thioether (sulfide) groups is 1. The SMILES string of the molecule is CCCCNS(=O)(=O)CSc1nn[nH]n1. The summed E-state index contributed by atoms with van der Waals surface area (Å²) < 4.78 is 25.3. The Balaban J connectivity index is 2.30. The van der Waals surface area contributed by atoms with Crippen molar-refractivity contribution in [2.24, 2.45) is 0 Å². The second-order valence-electron chi connectivity index (χ2n) is 2.82. The molecule has 0 bridgehead atoms. The number of hydrogen-bond acceptors (Lipinski definition) is 6.